The van der Waals surface area contributed by atoms with Crippen LogP contribution in [0.5, 0.6) is 0 Å². The maximum absolute atomic E-state index is 13.1. The number of ether oxygens (including phenoxy) is 1. The number of hydrogen-bond donors (Lipinski definition) is 0. The third-order valence-corrected chi connectivity index (χ3v) is 3.00. The molecule has 0 atom stereocenters. The van der Waals surface area contributed by atoms with Crippen molar-refractivity contribution in [2.75, 3.05) is 7.11 Å². The minimum atomic E-state index is -2.68. The van der Waals surface area contributed by atoms with Crippen molar-refractivity contribution < 1.29 is 18.3 Å². The summed E-state index contributed by atoms with van der Waals surface area (Å²) < 4.78 is 30.7. The van der Waals surface area contributed by atoms with Gasteiger partial charge in [-0.2, -0.15) is 0 Å². The van der Waals surface area contributed by atoms with Gasteiger partial charge < -0.3 is 4.74 Å². The number of esters is 1. The summed E-state index contributed by atoms with van der Waals surface area (Å²) in [4.78, 5) is 19.1. The van der Waals surface area contributed by atoms with Gasteiger partial charge in [0.1, 0.15) is 0 Å². The van der Waals surface area contributed by atoms with Crippen molar-refractivity contribution in [2.24, 2.45) is 0 Å². The molecule has 4 nitrogen and oxygen atoms in total. The number of nitrogens with zero attached hydrogens (tertiary/aromatic N) is 2. The number of carbonyl (C=O) groups excluding carboxylic acids is 1. The van der Waals surface area contributed by atoms with Gasteiger partial charge in [-0.15, -0.1) is 0 Å². The summed E-state index contributed by atoms with van der Waals surface area (Å²) in [5.41, 5.74) is 1.03. The fourth-order valence-corrected chi connectivity index (χ4v) is 2.00. The van der Waals surface area contributed by atoms with E-state index < -0.39 is 11.9 Å². The molecule has 0 amide bonds. The highest BCUT2D eigenvalue weighted by atomic mass is 35.5. The Kier molecular flexibility index (Phi) is 3.80. The lowest BCUT2D eigenvalue weighted by Crippen LogP contribution is -2.18. The Hall–Kier alpha value is -1.56. The molecule has 1 heterocycles. The van der Waals surface area contributed by atoms with E-state index in [1.165, 1.54) is 19.3 Å². The normalized spacial score (nSPS) is 17.8. The lowest BCUT2D eigenvalue weighted by atomic mass is 9.94. The molecule has 1 aliphatic carbocycles. The molecule has 1 aromatic heterocycles. The molecule has 0 unspecified atom stereocenters. The molecule has 7 heteroatoms. The Morgan fingerprint density at radius 3 is 2.79 bits per heavy atom. The summed E-state index contributed by atoms with van der Waals surface area (Å²) in [6.45, 7) is 0. The van der Waals surface area contributed by atoms with Crippen molar-refractivity contribution in [1.29, 1.82) is 0 Å². The van der Waals surface area contributed by atoms with Crippen LogP contribution in [-0.2, 0) is 4.74 Å². The zero-order valence-corrected chi connectivity index (χ0v) is 10.9. The van der Waals surface area contributed by atoms with Gasteiger partial charge in [0.15, 0.2) is 5.69 Å². The zero-order valence-electron chi connectivity index (χ0n) is 10.1. The molecule has 0 fully saturated rings. The Morgan fingerprint density at radius 1 is 1.47 bits per heavy atom. The third kappa shape index (κ3) is 3.26. The molecule has 1 aliphatic rings. The van der Waals surface area contributed by atoms with Crippen LogP contribution in [0.4, 0.5) is 8.78 Å². The predicted molar refractivity (Wildman–Crippen MR) is 65.2 cm³/mol. The van der Waals surface area contributed by atoms with E-state index in [1.54, 1.807) is 0 Å². The highest BCUT2D eigenvalue weighted by Gasteiger charge is 2.31. The van der Waals surface area contributed by atoms with Crippen LogP contribution in [0.3, 0.4) is 0 Å². The first-order valence-corrected chi connectivity index (χ1v) is 5.99. The number of aromatic nitrogens is 2. The smallest absolute Gasteiger partial charge is 0.356 e. The monoisotopic (exact) mass is 288 g/mol. The van der Waals surface area contributed by atoms with Gasteiger partial charge in [0, 0.05) is 12.8 Å². The first-order valence-electron chi connectivity index (χ1n) is 5.61. The number of carbonyl (C=O) groups is 1. The molecule has 0 N–H and O–H groups in total. The largest absolute Gasteiger partial charge is 0.464 e. The summed E-state index contributed by atoms with van der Waals surface area (Å²) in [5, 5.41) is -0.115. The van der Waals surface area contributed by atoms with Gasteiger partial charge in [-0.1, -0.05) is 6.08 Å². The second-order valence-electron chi connectivity index (χ2n) is 4.19. The summed E-state index contributed by atoms with van der Waals surface area (Å²) in [6, 6.07) is 1.40. The van der Waals surface area contributed by atoms with Crippen LogP contribution in [0.25, 0.3) is 5.57 Å². The average molecular weight is 289 g/mol. The molecule has 0 aromatic carbocycles. The van der Waals surface area contributed by atoms with Crippen LogP contribution in [0.15, 0.2) is 12.1 Å². The predicted octanol–water partition coefficient (Wildman–Crippen LogP) is 3.12. The van der Waals surface area contributed by atoms with E-state index in [1.807, 2.05) is 0 Å². The number of alkyl halides is 2. The maximum atomic E-state index is 13.1. The molecule has 1 aromatic rings. The van der Waals surface area contributed by atoms with Crippen molar-refractivity contribution in [3.05, 3.63) is 28.8 Å². The van der Waals surface area contributed by atoms with E-state index in [0.717, 1.165) is 0 Å². The van der Waals surface area contributed by atoms with Crippen molar-refractivity contribution in [3.63, 3.8) is 0 Å². The molecule has 0 radical (unpaired) electrons. The molecule has 0 saturated heterocycles. The molecule has 0 bridgehead atoms. The van der Waals surface area contributed by atoms with Gasteiger partial charge in [0.2, 0.25) is 5.28 Å². The fourth-order valence-electron chi connectivity index (χ4n) is 1.82. The van der Waals surface area contributed by atoms with Crippen molar-refractivity contribution in [1.82, 2.24) is 9.97 Å². The van der Waals surface area contributed by atoms with Gasteiger partial charge in [0.05, 0.1) is 12.8 Å². The Morgan fingerprint density at radius 2 is 2.21 bits per heavy atom. The van der Waals surface area contributed by atoms with Crippen LogP contribution >= 0.6 is 11.6 Å². The Bertz CT molecular complexity index is 547. The maximum Gasteiger partial charge on any atom is 0.356 e. The molecule has 102 valence electrons. The van der Waals surface area contributed by atoms with Gasteiger partial charge in [-0.25, -0.2) is 23.5 Å². The number of halogens is 3. The van der Waals surface area contributed by atoms with Crippen LogP contribution in [-0.4, -0.2) is 29.0 Å². The highest BCUT2D eigenvalue weighted by molar-refractivity contribution is 6.28. The van der Waals surface area contributed by atoms with E-state index in [2.05, 4.69) is 14.7 Å². The lowest BCUT2D eigenvalue weighted by molar-refractivity contribution is -0.00606. The minimum absolute atomic E-state index is 0.00994. The van der Waals surface area contributed by atoms with Gasteiger partial charge >= 0.3 is 5.97 Å². The van der Waals surface area contributed by atoms with Crippen LogP contribution in [0, 0.1) is 0 Å². The molecule has 0 saturated carbocycles. The Balaban J connectivity index is 2.33. The van der Waals surface area contributed by atoms with Crippen LogP contribution in [0.1, 0.15) is 35.4 Å². The van der Waals surface area contributed by atoms with E-state index in [-0.39, 0.29) is 30.2 Å². The van der Waals surface area contributed by atoms with Gasteiger partial charge in [-0.3, -0.25) is 0 Å². The van der Waals surface area contributed by atoms with Crippen LogP contribution < -0.4 is 0 Å². The second-order valence-corrected chi connectivity index (χ2v) is 4.53. The van der Waals surface area contributed by atoms with Crippen molar-refractivity contribution in [2.45, 2.75) is 25.2 Å². The Labute approximate surface area is 113 Å². The van der Waals surface area contributed by atoms with Gasteiger partial charge in [0.25, 0.3) is 5.92 Å². The SMILES string of the molecule is COC(=O)c1cc(C2=CCC(F)(F)CC2)nc(Cl)n1. The first kappa shape index (κ1) is 13.9. The number of hydrogen-bond acceptors (Lipinski definition) is 4. The third-order valence-electron chi connectivity index (χ3n) is 2.83. The quantitative estimate of drug-likeness (QED) is 0.620. The minimum Gasteiger partial charge on any atom is -0.464 e. The average Bonchev–Trinajstić information content (AvgIpc) is 2.37. The van der Waals surface area contributed by atoms with Crippen molar-refractivity contribution >= 4 is 23.1 Å². The summed E-state index contributed by atoms with van der Waals surface area (Å²) >= 11 is 5.72. The fraction of sp³-hybridized carbons (Fsp3) is 0.417. The lowest BCUT2D eigenvalue weighted by Gasteiger charge is -2.21. The molecule has 0 spiro atoms. The topological polar surface area (TPSA) is 52.1 Å². The van der Waals surface area contributed by atoms with E-state index in [9.17, 15) is 13.6 Å². The molecule has 19 heavy (non-hydrogen) atoms. The first-order chi connectivity index (χ1) is 8.91. The van der Waals surface area contributed by atoms with E-state index >= 15 is 0 Å². The zero-order chi connectivity index (χ0) is 14.0. The number of allylic oxidation sites excluding steroid dienone is 2. The molecular weight excluding hydrogens is 278 g/mol. The van der Waals surface area contributed by atoms with Crippen LogP contribution in [0.2, 0.25) is 5.28 Å². The second kappa shape index (κ2) is 5.21. The van der Waals surface area contributed by atoms with Gasteiger partial charge in [-0.05, 0) is 29.7 Å². The summed E-state index contributed by atoms with van der Waals surface area (Å²) in [7, 11) is 1.22. The molecule has 2 rings (SSSR count). The standard InChI is InChI=1S/C12H11ClF2N2O2/c1-19-10(18)9-6-8(16-11(13)17-9)7-2-4-12(14,15)5-3-7/h2,6H,3-5H2,1H3. The van der Waals surface area contributed by atoms with E-state index in [4.69, 9.17) is 11.6 Å². The van der Waals surface area contributed by atoms with Crippen molar-refractivity contribution in [3.8, 4) is 0 Å². The molecular formula is C12H11ClF2N2O2. The summed E-state index contributed by atoms with van der Waals surface area (Å²) in [6.07, 6.45) is 1.02. The highest BCUT2D eigenvalue weighted by Crippen LogP contribution is 2.35. The summed E-state index contributed by atoms with van der Waals surface area (Å²) in [5.74, 6) is -3.32. The van der Waals surface area contributed by atoms with E-state index in [0.29, 0.717) is 11.3 Å². The number of methoxy groups -OCH3 is 1. The molecule has 0 aliphatic heterocycles. The number of rotatable bonds is 2.